The Hall–Kier alpha value is -2.08. The van der Waals surface area contributed by atoms with Gasteiger partial charge in [0.05, 0.1) is 0 Å². The molecule has 5 rings (SSSR count). The molecule has 2 atom stereocenters. The molecule has 0 N–H and O–H groups in total. The minimum atomic E-state index is 0.573. The van der Waals surface area contributed by atoms with Gasteiger partial charge in [-0.2, -0.15) is 0 Å². The molecule has 0 spiro atoms. The van der Waals surface area contributed by atoms with Gasteiger partial charge < -0.3 is 0 Å². The lowest BCUT2D eigenvalue weighted by Crippen LogP contribution is -2.06. The molecule has 0 fully saturated rings. The fraction of sp³-hybridized carbons (Fsp3) is 0.360. The number of aryl methyl sites for hydroxylation is 2. The minimum absolute atomic E-state index is 0.573. The summed E-state index contributed by atoms with van der Waals surface area (Å²) in [7, 11) is 0. The number of benzene rings is 2. The second kappa shape index (κ2) is 5.46. The number of hydrogen-bond acceptors (Lipinski definition) is 0. The Morgan fingerprint density at radius 3 is 2.48 bits per heavy atom. The molecule has 25 heavy (non-hydrogen) atoms. The quantitative estimate of drug-likeness (QED) is 0.579. The SMILES string of the molecule is CC1=Cc2cc3c(cc2C1CC1C(C)=C(C)c2ccccc21)CCC3. The van der Waals surface area contributed by atoms with E-state index >= 15 is 0 Å². The predicted octanol–water partition coefficient (Wildman–Crippen LogP) is 6.66. The van der Waals surface area contributed by atoms with E-state index in [1.54, 1.807) is 33.4 Å². The van der Waals surface area contributed by atoms with Crippen LogP contribution in [0.15, 0.2) is 47.5 Å². The minimum Gasteiger partial charge on any atom is -0.0652 e. The van der Waals surface area contributed by atoms with Crippen LogP contribution in [0.25, 0.3) is 11.6 Å². The summed E-state index contributed by atoms with van der Waals surface area (Å²) in [6.45, 7) is 6.98. The Balaban J connectivity index is 1.54. The second-order valence-electron chi connectivity index (χ2n) is 8.23. The molecular weight excluding hydrogens is 300 g/mol. The Morgan fingerprint density at radius 1 is 0.880 bits per heavy atom. The first-order valence-electron chi connectivity index (χ1n) is 9.74. The lowest BCUT2D eigenvalue weighted by molar-refractivity contribution is 0.641. The Bertz CT molecular complexity index is 939. The highest BCUT2D eigenvalue weighted by molar-refractivity contribution is 5.77. The highest BCUT2D eigenvalue weighted by Crippen LogP contribution is 2.50. The summed E-state index contributed by atoms with van der Waals surface area (Å²) < 4.78 is 0. The van der Waals surface area contributed by atoms with Crippen molar-refractivity contribution < 1.29 is 0 Å². The topological polar surface area (TPSA) is 0 Å². The fourth-order valence-corrected chi connectivity index (χ4v) is 5.38. The van der Waals surface area contributed by atoms with Crippen molar-refractivity contribution in [3.63, 3.8) is 0 Å². The maximum atomic E-state index is 2.54. The summed E-state index contributed by atoms with van der Waals surface area (Å²) in [4.78, 5) is 0. The molecule has 2 aromatic rings. The van der Waals surface area contributed by atoms with Gasteiger partial charge in [-0.25, -0.2) is 0 Å². The average Bonchev–Trinajstić information content (AvgIpc) is 3.25. The summed E-state index contributed by atoms with van der Waals surface area (Å²) in [6, 6.07) is 14.1. The van der Waals surface area contributed by atoms with Crippen LogP contribution in [0.1, 0.15) is 78.8 Å². The lowest BCUT2D eigenvalue weighted by Gasteiger charge is -2.22. The molecule has 0 aliphatic heterocycles. The van der Waals surface area contributed by atoms with Crippen LogP contribution in [-0.4, -0.2) is 0 Å². The molecule has 0 bridgehead atoms. The van der Waals surface area contributed by atoms with Crippen molar-refractivity contribution in [2.75, 3.05) is 0 Å². The molecule has 2 unspecified atom stereocenters. The van der Waals surface area contributed by atoms with E-state index in [1.807, 2.05) is 0 Å². The lowest BCUT2D eigenvalue weighted by atomic mass is 9.81. The zero-order valence-electron chi connectivity index (χ0n) is 15.5. The zero-order chi connectivity index (χ0) is 17.1. The third-order valence-corrected chi connectivity index (χ3v) is 6.93. The molecule has 2 aromatic carbocycles. The normalized spacial score (nSPS) is 23.6. The van der Waals surface area contributed by atoms with Crippen molar-refractivity contribution in [1.29, 1.82) is 0 Å². The van der Waals surface area contributed by atoms with Crippen molar-refractivity contribution in [1.82, 2.24) is 0 Å². The summed E-state index contributed by atoms with van der Waals surface area (Å²) in [6.07, 6.45) is 7.55. The van der Waals surface area contributed by atoms with Crippen molar-refractivity contribution in [2.45, 2.75) is 58.3 Å². The highest BCUT2D eigenvalue weighted by atomic mass is 14.4. The van der Waals surface area contributed by atoms with Gasteiger partial charge in [0, 0.05) is 11.8 Å². The summed E-state index contributed by atoms with van der Waals surface area (Å²) in [5.74, 6) is 1.16. The van der Waals surface area contributed by atoms with Crippen LogP contribution in [0.3, 0.4) is 0 Å². The molecule has 126 valence electrons. The second-order valence-corrected chi connectivity index (χ2v) is 8.23. The fourth-order valence-electron chi connectivity index (χ4n) is 5.38. The standard InChI is InChI=1S/C25H26/c1-15-11-20-12-18-7-6-8-19(18)13-25(20)23(15)14-24-17(3)16(2)21-9-4-5-10-22(21)24/h4-5,9-13,23-24H,6-8,14H2,1-3H3. The number of allylic oxidation sites excluding steroid dienone is 3. The van der Waals surface area contributed by atoms with Gasteiger partial charge in [0.15, 0.2) is 0 Å². The summed E-state index contributed by atoms with van der Waals surface area (Å²) in [5, 5.41) is 0. The van der Waals surface area contributed by atoms with Crippen LogP contribution < -0.4 is 0 Å². The van der Waals surface area contributed by atoms with Crippen molar-refractivity contribution in [2.24, 2.45) is 0 Å². The smallest absolute Gasteiger partial charge is 0.00662 e. The molecule has 0 nitrogen and oxygen atoms in total. The van der Waals surface area contributed by atoms with Crippen molar-refractivity contribution in [3.05, 3.63) is 80.9 Å². The van der Waals surface area contributed by atoms with E-state index in [0.29, 0.717) is 11.8 Å². The molecule has 0 aromatic heterocycles. The van der Waals surface area contributed by atoms with Crippen LogP contribution in [0.4, 0.5) is 0 Å². The maximum absolute atomic E-state index is 2.54. The Labute approximate surface area is 151 Å². The number of fused-ring (bicyclic) bond motifs is 3. The van der Waals surface area contributed by atoms with Crippen LogP contribution in [0, 0.1) is 0 Å². The van der Waals surface area contributed by atoms with E-state index in [2.05, 4.69) is 63.2 Å². The first kappa shape index (κ1) is 15.2. The molecular formula is C25H26. The first-order valence-corrected chi connectivity index (χ1v) is 9.74. The van der Waals surface area contributed by atoms with E-state index in [1.165, 1.54) is 42.4 Å². The molecule has 3 aliphatic carbocycles. The molecule has 0 saturated carbocycles. The van der Waals surface area contributed by atoms with Crippen molar-refractivity contribution >= 4 is 11.6 Å². The summed E-state index contributed by atoms with van der Waals surface area (Å²) >= 11 is 0. The van der Waals surface area contributed by atoms with Gasteiger partial charge in [-0.15, -0.1) is 0 Å². The van der Waals surface area contributed by atoms with Gasteiger partial charge in [-0.1, -0.05) is 53.6 Å². The van der Waals surface area contributed by atoms with E-state index in [4.69, 9.17) is 0 Å². The third-order valence-electron chi connectivity index (χ3n) is 6.93. The van der Waals surface area contributed by atoms with E-state index in [0.717, 1.165) is 0 Å². The first-order chi connectivity index (χ1) is 12.1. The van der Waals surface area contributed by atoms with Gasteiger partial charge in [-0.05, 0) is 85.4 Å². The van der Waals surface area contributed by atoms with Crippen LogP contribution in [0.2, 0.25) is 0 Å². The molecule has 0 heteroatoms. The van der Waals surface area contributed by atoms with Gasteiger partial charge in [0.25, 0.3) is 0 Å². The predicted molar refractivity (Wildman–Crippen MR) is 107 cm³/mol. The largest absolute Gasteiger partial charge is 0.0652 e. The number of hydrogen-bond donors (Lipinski definition) is 0. The average molecular weight is 326 g/mol. The Morgan fingerprint density at radius 2 is 1.64 bits per heavy atom. The third kappa shape index (κ3) is 2.20. The molecule has 3 aliphatic rings. The van der Waals surface area contributed by atoms with Gasteiger partial charge in [0.1, 0.15) is 0 Å². The van der Waals surface area contributed by atoms with E-state index in [-0.39, 0.29) is 0 Å². The molecule has 0 saturated heterocycles. The maximum Gasteiger partial charge on any atom is 0.00662 e. The van der Waals surface area contributed by atoms with Gasteiger partial charge in [0.2, 0.25) is 0 Å². The van der Waals surface area contributed by atoms with Gasteiger partial charge in [-0.3, -0.25) is 0 Å². The highest BCUT2D eigenvalue weighted by Gasteiger charge is 2.32. The van der Waals surface area contributed by atoms with E-state index < -0.39 is 0 Å². The zero-order valence-corrected chi connectivity index (χ0v) is 15.5. The van der Waals surface area contributed by atoms with Crippen LogP contribution >= 0.6 is 0 Å². The number of rotatable bonds is 2. The summed E-state index contributed by atoms with van der Waals surface area (Å²) in [5.41, 5.74) is 13.9. The molecule has 0 amide bonds. The monoisotopic (exact) mass is 326 g/mol. The molecule has 0 radical (unpaired) electrons. The van der Waals surface area contributed by atoms with E-state index in [9.17, 15) is 0 Å². The van der Waals surface area contributed by atoms with Crippen molar-refractivity contribution in [3.8, 4) is 0 Å². The van der Waals surface area contributed by atoms with Crippen LogP contribution in [-0.2, 0) is 12.8 Å². The molecule has 0 heterocycles. The Kier molecular flexibility index (Phi) is 3.32. The van der Waals surface area contributed by atoms with Gasteiger partial charge >= 0.3 is 0 Å². The van der Waals surface area contributed by atoms with Crippen LogP contribution in [0.5, 0.6) is 0 Å².